The van der Waals surface area contributed by atoms with E-state index in [9.17, 15) is 4.79 Å². The predicted octanol–water partition coefficient (Wildman–Crippen LogP) is 3.07. The van der Waals surface area contributed by atoms with Crippen molar-refractivity contribution in [2.75, 3.05) is 18.8 Å². The Morgan fingerprint density at radius 3 is 3.10 bits per heavy atom. The van der Waals surface area contributed by atoms with Gasteiger partial charge in [0, 0.05) is 30.7 Å². The number of likely N-dealkylation sites (tertiary alicyclic amines) is 1. The van der Waals surface area contributed by atoms with Crippen molar-refractivity contribution in [2.45, 2.75) is 44.8 Å². The van der Waals surface area contributed by atoms with Gasteiger partial charge in [-0.15, -0.1) is 0 Å². The molecule has 3 nitrogen and oxygen atoms in total. The lowest BCUT2D eigenvalue weighted by atomic mass is 10.1. The van der Waals surface area contributed by atoms with E-state index in [1.165, 1.54) is 12.8 Å². The largest absolute Gasteiger partial charge is 0.341 e. The molecule has 1 aromatic rings. The minimum absolute atomic E-state index is 0.254. The zero-order chi connectivity index (χ0) is 14.4. The number of hydrogen-bond acceptors (Lipinski definition) is 3. The van der Waals surface area contributed by atoms with Gasteiger partial charge in [0.25, 0.3) is 0 Å². The van der Waals surface area contributed by atoms with Crippen LogP contribution in [0.1, 0.15) is 37.3 Å². The molecule has 1 saturated heterocycles. The summed E-state index contributed by atoms with van der Waals surface area (Å²) in [4.78, 5) is 18.7. The van der Waals surface area contributed by atoms with Crippen LogP contribution in [0.5, 0.6) is 0 Å². The van der Waals surface area contributed by atoms with Gasteiger partial charge in [-0.05, 0) is 42.7 Å². The number of carbonyl (C=O) groups is 1. The molecule has 1 amide bonds. The fraction of sp³-hybridized carbons (Fsp3) is 0.625. The Morgan fingerprint density at radius 1 is 1.50 bits per heavy atom. The van der Waals surface area contributed by atoms with Crippen LogP contribution in [-0.2, 0) is 11.2 Å². The minimum Gasteiger partial charge on any atom is -0.341 e. The Kier molecular flexibility index (Phi) is 5.89. The molecule has 0 radical (unpaired) electrons. The molecule has 2 rings (SSSR count). The summed E-state index contributed by atoms with van der Waals surface area (Å²) in [5, 5.41) is 0.612. The zero-order valence-corrected chi connectivity index (χ0v) is 13.3. The van der Waals surface area contributed by atoms with Crippen molar-refractivity contribution in [3.63, 3.8) is 0 Å². The lowest BCUT2D eigenvalue weighted by Gasteiger charge is -2.24. The normalized spacial score (nSPS) is 19.7. The molecule has 20 heavy (non-hydrogen) atoms. The molecule has 0 aromatic carbocycles. The highest BCUT2D eigenvalue weighted by atomic mass is 32.2. The molecule has 2 heterocycles. The second kappa shape index (κ2) is 7.67. The smallest absolute Gasteiger partial charge is 0.227 e. The van der Waals surface area contributed by atoms with Gasteiger partial charge in [-0.1, -0.05) is 13.3 Å². The van der Waals surface area contributed by atoms with E-state index >= 15 is 0 Å². The Bertz CT molecular complexity index is 450. The molecule has 4 heteroatoms. The van der Waals surface area contributed by atoms with E-state index in [2.05, 4.69) is 16.8 Å². The fourth-order valence-electron chi connectivity index (χ4n) is 2.66. The Labute approximate surface area is 126 Å². The number of amides is 1. The standard InChI is InChI=1S/C16H24N2OS/c1-3-20-15-6-4-5-9-18(12-15)16(19)10-14-11-17-8-7-13(14)2/h7-8,11,15H,3-6,9-10,12H2,1-2H3. The SMILES string of the molecule is CCSC1CCCCN(C(=O)Cc2cnccc2C)C1. The molecule has 1 aliphatic heterocycles. The summed E-state index contributed by atoms with van der Waals surface area (Å²) in [6.45, 7) is 6.07. The van der Waals surface area contributed by atoms with Crippen LogP contribution in [0.15, 0.2) is 18.5 Å². The number of aryl methyl sites for hydroxylation is 1. The predicted molar refractivity (Wildman–Crippen MR) is 85.0 cm³/mol. The summed E-state index contributed by atoms with van der Waals surface area (Å²) in [5.41, 5.74) is 2.21. The van der Waals surface area contributed by atoms with Crippen LogP contribution in [0.25, 0.3) is 0 Å². The Morgan fingerprint density at radius 2 is 2.35 bits per heavy atom. The van der Waals surface area contributed by atoms with Crippen molar-refractivity contribution in [1.29, 1.82) is 0 Å². The van der Waals surface area contributed by atoms with Crippen LogP contribution >= 0.6 is 11.8 Å². The quantitative estimate of drug-likeness (QED) is 0.855. The average molecular weight is 292 g/mol. The van der Waals surface area contributed by atoms with E-state index in [-0.39, 0.29) is 5.91 Å². The fourth-order valence-corrected chi connectivity index (χ4v) is 3.75. The highest BCUT2D eigenvalue weighted by molar-refractivity contribution is 7.99. The molecule has 1 atom stereocenters. The number of carbonyl (C=O) groups excluding carboxylic acids is 1. The highest BCUT2D eigenvalue weighted by Crippen LogP contribution is 2.22. The summed E-state index contributed by atoms with van der Waals surface area (Å²) in [5.74, 6) is 1.39. The summed E-state index contributed by atoms with van der Waals surface area (Å²) in [7, 11) is 0. The summed E-state index contributed by atoms with van der Waals surface area (Å²) in [6.07, 6.45) is 7.72. The van der Waals surface area contributed by atoms with Crippen LogP contribution in [0.4, 0.5) is 0 Å². The van der Waals surface area contributed by atoms with Crippen molar-refractivity contribution < 1.29 is 4.79 Å². The van der Waals surface area contributed by atoms with Crippen LogP contribution in [0.3, 0.4) is 0 Å². The number of thioether (sulfide) groups is 1. The van der Waals surface area contributed by atoms with Crippen LogP contribution in [0, 0.1) is 6.92 Å². The Balaban J connectivity index is 1.98. The molecule has 0 bridgehead atoms. The third-order valence-electron chi connectivity index (χ3n) is 3.87. The van der Waals surface area contributed by atoms with Crippen molar-refractivity contribution in [3.8, 4) is 0 Å². The van der Waals surface area contributed by atoms with Gasteiger partial charge < -0.3 is 4.90 Å². The maximum absolute atomic E-state index is 12.5. The second-order valence-electron chi connectivity index (χ2n) is 5.39. The van der Waals surface area contributed by atoms with Gasteiger partial charge >= 0.3 is 0 Å². The number of nitrogens with zero attached hydrogens (tertiary/aromatic N) is 2. The first kappa shape index (κ1) is 15.4. The van der Waals surface area contributed by atoms with Crippen LogP contribution in [-0.4, -0.2) is 39.9 Å². The maximum atomic E-state index is 12.5. The molecule has 1 aromatic heterocycles. The minimum atomic E-state index is 0.254. The molecule has 1 unspecified atom stereocenters. The van der Waals surface area contributed by atoms with E-state index in [4.69, 9.17) is 0 Å². The lowest BCUT2D eigenvalue weighted by Crippen LogP contribution is -2.36. The molecular weight excluding hydrogens is 268 g/mol. The number of rotatable bonds is 4. The third kappa shape index (κ3) is 4.23. The van der Waals surface area contributed by atoms with Gasteiger partial charge in [-0.3, -0.25) is 9.78 Å². The number of aromatic nitrogens is 1. The lowest BCUT2D eigenvalue weighted by molar-refractivity contribution is -0.130. The van der Waals surface area contributed by atoms with E-state index in [1.54, 1.807) is 6.20 Å². The number of hydrogen-bond donors (Lipinski definition) is 0. The highest BCUT2D eigenvalue weighted by Gasteiger charge is 2.22. The average Bonchev–Trinajstić information content (AvgIpc) is 2.67. The Hall–Kier alpha value is -1.03. The zero-order valence-electron chi connectivity index (χ0n) is 12.5. The van der Waals surface area contributed by atoms with Gasteiger partial charge in [0.1, 0.15) is 0 Å². The third-order valence-corrected chi connectivity index (χ3v) is 5.06. The van der Waals surface area contributed by atoms with Crippen LogP contribution in [0.2, 0.25) is 0 Å². The summed E-state index contributed by atoms with van der Waals surface area (Å²) < 4.78 is 0. The van der Waals surface area contributed by atoms with Crippen molar-refractivity contribution in [2.24, 2.45) is 0 Å². The van der Waals surface area contributed by atoms with Crippen molar-refractivity contribution in [1.82, 2.24) is 9.88 Å². The molecule has 1 aliphatic rings. The molecule has 110 valence electrons. The van der Waals surface area contributed by atoms with E-state index in [0.29, 0.717) is 11.7 Å². The summed E-state index contributed by atoms with van der Waals surface area (Å²) in [6, 6.07) is 1.97. The molecule has 0 N–H and O–H groups in total. The van der Waals surface area contributed by atoms with Gasteiger partial charge in [0.2, 0.25) is 5.91 Å². The first-order valence-electron chi connectivity index (χ1n) is 7.49. The number of pyridine rings is 1. The second-order valence-corrected chi connectivity index (χ2v) is 6.97. The molecule has 0 saturated carbocycles. The van der Waals surface area contributed by atoms with Gasteiger partial charge in [0.15, 0.2) is 0 Å². The van der Waals surface area contributed by atoms with Gasteiger partial charge in [0.05, 0.1) is 6.42 Å². The first-order chi connectivity index (χ1) is 9.70. The van der Waals surface area contributed by atoms with E-state index in [0.717, 1.165) is 36.4 Å². The monoisotopic (exact) mass is 292 g/mol. The van der Waals surface area contributed by atoms with Gasteiger partial charge in [-0.2, -0.15) is 11.8 Å². The molecule has 0 spiro atoms. The first-order valence-corrected chi connectivity index (χ1v) is 8.54. The van der Waals surface area contributed by atoms with Gasteiger partial charge in [-0.25, -0.2) is 0 Å². The summed E-state index contributed by atoms with van der Waals surface area (Å²) >= 11 is 1.99. The molecule has 0 aliphatic carbocycles. The molecule has 1 fully saturated rings. The van der Waals surface area contributed by atoms with E-state index in [1.807, 2.05) is 30.9 Å². The van der Waals surface area contributed by atoms with Crippen molar-refractivity contribution >= 4 is 17.7 Å². The maximum Gasteiger partial charge on any atom is 0.227 e. The topological polar surface area (TPSA) is 33.2 Å². The van der Waals surface area contributed by atoms with Crippen molar-refractivity contribution in [3.05, 3.63) is 29.6 Å². The van der Waals surface area contributed by atoms with E-state index < -0.39 is 0 Å². The molecular formula is C16H24N2OS. The van der Waals surface area contributed by atoms with Crippen LogP contribution < -0.4 is 0 Å².